The highest BCUT2D eigenvalue weighted by atomic mass is 32.2. The summed E-state index contributed by atoms with van der Waals surface area (Å²) in [6.45, 7) is 0.368. The number of carbonyl (C=O) groups excluding carboxylic acids is 1. The van der Waals surface area contributed by atoms with E-state index < -0.39 is 16.9 Å². The van der Waals surface area contributed by atoms with Crippen molar-refractivity contribution in [2.45, 2.75) is 30.0 Å². The summed E-state index contributed by atoms with van der Waals surface area (Å²) in [6.07, 6.45) is 1.58. The maximum absolute atomic E-state index is 12.1. The van der Waals surface area contributed by atoms with E-state index in [2.05, 4.69) is 10.6 Å². The molecule has 0 aromatic heterocycles. The molecule has 126 valence electrons. The molecule has 24 heavy (non-hydrogen) atoms. The van der Waals surface area contributed by atoms with E-state index in [9.17, 15) is 14.1 Å². The molecule has 0 saturated heterocycles. The molecular weight excluding hydrogens is 324 g/mol. The fourth-order valence-corrected chi connectivity index (χ4v) is 3.44. The Morgan fingerprint density at radius 2 is 1.92 bits per heavy atom. The van der Waals surface area contributed by atoms with E-state index in [0.717, 1.165) is 21.6 Å². The predicted molar refractivity (Wildman–Crippen MR) is 93.0 cm³/mol. The highest BCUT2D eigenvalue weighted by molar-refractivity contribution is 7.84. The average Bonchev–Trinajstić information content (AvgIpc) is 2.89. The molecule has 0 saturated carbocycles. The quantitative estimate of drug-likeness (QED) is 0.792. The summed E-state index contributed by atoms with van der Waals surface area (Å²) in [4.78, 5) is 12.9. The van der Waals surface area contributed by atoms with Crippen molar-refractivity contribution >= 4 is 16.8 Å². The molecule has 6 heteroatoms. The van der Waals surface area contributed by atoms with Crippen molar-refractivity contribution in [3.63, 3.8) is 0 Å². The minimum atomic E-state index is -1.01. The molecule has 0 spiro atoms. The number of urea groups is 1. The Morgan fingerprint density at radius 1 is 1.21 bits per heavy atom. The van der Waals surface area contributed by atoms with Gasteiger partial charge in [0.05, 0.1) is 12.1 Å². The summed E-state index contributed by atoms with van der Waals surface area (Å²) >= 11 is 0. The van der Waals surface area contributed by atoms with Crippen molar-refractivity contribution in [3.8, 4) is 0 Å². The lowest BCUT2D eigenvalue weighted by atomic mass is 10.1. The van der Waals surface area contributed by atoms with Gasteiger partial charge in [-0.1, -0.05) is 36.4 Å². The predicted octanol–water partition coefficient (Wildman–Crippen LogP) is 1.88. The SMILES string of the molecule is CS(=O)c1ccc(CNC(=O)NC2c3ccccc3CC2O)cc1. The number of rotatable bonds is 4. The van der Waals surface area contributed by atoms with Crippen molar-refractivity contribution < 1.29 is 14.1 Å². The van der Waals surface area contributed by atoms with Crippen molar-refractivity contribution in [2.24, 2.45) is 0 Å². The molecular formula is C18H20N2O3S. The number of aliphatic hydroxyl groups is 1. The highest BCUT2D eigenvalue weighted by Gasteiger charge is 2.31. The molecule has 0 bridgehead atoms. The lowest BCUT2D eigenvalue weighted by Gasteiger charge is -2.18. The third-order valence-corrected chi connectivity index (χ3v) is 5.13. The second kappa shape index (κ2) is 7.15. The molecule has 3 rings (SSSR count). The Hall–Kier alpha value is -2.18. The van der Waals surface area contributed by atoms with Crippen molar-refractivity contribution in [2.75, 3.05) is 6.26 Å². The van der Waals surface area contributed by atoms with Crippen LogP contribution in [0.4, 0.5) is 4.79 Å². The molecule has 2 amide bonds. The number of benzene rings is 2. The van der Waals surface area contributed by atoms with Crippen LogP contribution >= 0.6 is 0 Å². The fourth-order valence-electron chi connectivity index (χ4n) is 2.92. The fraction of sp³-hybridized carbons (Fsp3) is 0.278. The van der Waals surface area contributed by atoms with Gasteiger partial charge in [0.1, 0.15) is 0 Å². The topological polar surface area (TPSA) is 78.4 Å². The second-order valence-electron chi connectivity index (χ2n) is 5.87. The van der Waals surface area contributed by atoms with E-state index in [-0.39, 0.29) is 12.1 Å². The van der Waals surface area contributed by atoms with E-state index in [0.29, 0.717) is 13.0 Å². The van der Waals surface area contributed by atoms with E-state index in [1.807, 2.05) is 36.4 Å². The van der Waals surface area contributed by atoms with Crippen molar-refractivity contribution in [1.82, 2.24) is 10.6 Å². The lowest BCUT2D eigenvalue weighted by molar-refractivity contribution is 0.142. The van der Waals surface area contributed by atoms with Gasteiger partial charge in [-0.25, -0.2) is 4.79 Å². The summed E-state index contributed by atoms with van der Waals surface area (Å²) < 4.78 is 11.4. The third kappa shape index (κ3) is 3.66. The normalized spacial score (nSPS) is 20.2. The van der Waals surface area contributed by atoms with Crippen LogP contribution in [0.5, 0.6) is 0 Å². The van der Waals surface area contributed by atoms with Gasteiger partial charge in [-0.2, -0.15) is 0 Å². The summed E-state index contributed by atoms with van der Waals surface area (Å²) in [5.74, 6) is 0. The minimum absolute atomic E-state index is 0.320. The largest absolute Gasteiger partial charge is 0.390 e. The van der Waals surface area contributed by atoms with Gasteiger partial charge in [0.2, 0.25) is 0 Å². The van der Waals surface area contributed by atoms with Crippen LogP contribution in [0.15, 0.2) is 53.4 Å². The smallest absolute Gasteiger partial charge is 0.315 e. The number of fused-ring (bicyclic) bond motifs is 1. The Morgan fingerprint density at radius 3 is 2.62 bits per heavy atom. The molecule has 3 unspecified atom stereocenters. The summed E-state index contributed by atoms with van der Waals surface area (Å²) in [7, 11) is -1.01. The number of carbonyl (C=O) groups is 1. The first kappa shape index (κ1) is 16.7. The molecule has 2 aromatic rings. The second-order valence-corrected chi connectivity index (χ2v) is 7.25. The maximum atomic E-state index is 12.1. The Balaban J connectivity index is 1.57. The van der Waals surface area contributed by atoms with Gasteiger partial charge in [-0.05, 0) is 28.8 Å². The summed E-state index contributed by atoms with van der Waals surface area (Å²) in [5.41, 5.74) is 2.96. The number of hydrogen-bond acceptors (Lipinski definition) is 3. The maximum Gasteiger partial charge on any atom is 0.315 e. The van der Waals surface area contributed by atoms with Crippen LogP contribution < -0.4 is 10.6 Å². The Bertz CT molecular complexity index is 761. The molecule has 1 aliphatic rings. The first-order valence-electron chi connectivity index (χ1n) is 7.77. The van der Waals surface area contributed by atoms with Gasteiger partial charge in [0.15, 0.2) is 0 Å². The zero-order chi connectivity index (χ0) is 17.1. The molecule has 0 fully saturated rings. The van der Waals surface area contributed by atoms with Crippen molar-refractivity contribution in [3.05, 3.63) is 65.2 Å². The van der Waals surface area contributed by atoms with E-state index in [4.69, 9.17) is 0 Å². The molecule has 1 aliphatic carbocycles. The summed E-state index contributed by atoms with van der Waals surface area (Å²) in [5, 5.41) is 15.8. The van der Waals surface area contributed by atoms with Crippen LogP contribution in [0.1, 0.15) is 22.7 Å². The van der Waals surface area contributed by atoms with Gasteiger partial charge in [-0.15, -0.1) is 0 Å². The van der Waals surface area contributed by atoms with Crippen LogP contribution in [0.25, 0.3) is 0 Å². The molecule has 0 radical (unpaired) electrons. The third-order valence-electron chi connectivity index (χ3n) is 4.20. The van der Waals surface area contributed by atoms with Crippen LogP contribution in [-0.4, -0.2) is 27.7 Å². The van der Waals surface area contributed by atoms with Gasteiger partial charge < -0.3 is 15.7 Å². The molecule has 3 N–H and O–H groups in total. The Kier molecular flexibility index (Phi) is 4.97. The molecule has 0 heterocycles. The number of nitrogens with one attached hydrogen (secondary N) is 2. The standard InChI is InChI=1S/C18H20N2O3S/c1-24(23)14-8-6-12(7-9-14)11-19-18(22)20-17-15-5-3-2-4-13(15)10-16(17)21/h2-9,16-17,21H,10-11H2,1H3,(H2,19,20,22). The lowest BCUT2D eigenvalue weighted by Crippen LogP contribution is -2.40. The van der Waals surface area contributed by atoms with Crippen LogP contribution in [-0.2, 0) is 23.8 Å². The first-order valence-corrected chi connectivity index (χ1v) is 9.33. The monoisotopic (exact) mass is 344 g/mol. The van der Waals surface area contributed by atoms with Crippen LogP contribution in [0.2, 0.25) is 0 Å². The van der Waals surface area contributed by atoms with Crippen LogP contribution in [0, 0.1) is 0 Å². The van der Waals surface area contributed by atoms with Gasteiger partial charge in [0, 0.05) is 34.9 Å². The van der Waals surface area contributed by atoms with Crippen molar-refractivity contribution in [1.29, 1.82) is 0 Å². The highest BCUT2D eigenvalue weighted by Crippen LogP contribution is 2.31. The Labute approximate surface area is 143 Å². The van der Waals surface area contributed by atoms with Gasteiger partial charge in [0.25, 0.3) is 0 Å². The molecule has 5 nitrogen and oxygen atoms in total. The average molecular weight is 344 g/mol. The number of hydrogen-bond donors (Lipinski definition) is 3. The van der Waals surface area contributed by atoms with Gasteiger partial charge >= 0.3 is 6.03 Å². The first-order chi connectivity index (χ1) is 11.5. The zero-order valence-corrected chi connectivity index (χ0v) is 14.2. The van der Waals surface area contributed by atoms with E-state index in [1.54, 1.807) is 18.4 Å². The van der Waals surface area contributed by atoms with E-state index >= 15 is 0 Å². The number of aliphatic hydroxyl groups excluding tert-OH is 1. The van der Waals surface area contributed by atoms with Crippen LogP contribution in [0.3, 0.4) is 0 Å². The minimum Gasteiger partial charge on any atom is -0.390 e. The van der Waals surface area contributed by atoms with E-state index in [1.165, 1.54) is 0 Å². The summed E-state index contributed by atoms with van der Waals surface area (Å²) in [6, 6.07) is 14.3. The molecule has 3 atom stereocenters. The molecule has 2 aromatic carbocycles. The number of amides is 2. The molecule has 0 aliphatic heterocycles. The zero-order valence-electron chi connectivity index (χ0n) is 13.4. The van der Waals surface area contributed by atoms with Gasteiger partial charge in [-0.3, -0.25) is 4.21 Å².